The van der Waals surface area contributed by atoms with Gasteiger partial charge in [0.1, 0.15) is 6.61 Å². The van der Waals surface area contributed by atoms with Crippen LogP contribution in [0, 0.1) is 0 Å². The Morgan fingerprint density at radius 3 is 2.18 bits per heavy atom. The molecule has 3 aromatic rings. The Morgan fingerprint density at radius 2 is 1.59 bits per heavy atom. The van der Waals surface area contributed by atoms with E-state index in [0.717, 1.165) is 17.4 Å². The molecule has 3 rings (SSSR count). The van der Waals surface area contributed by atoms with Gasteiger partial charge >= 0.3 is 0 Å². The average Bonchev–Trinajstić information content (AvgIpc) is 2.81. The summed E-state index contributed by atoms with van der Waals surface area (Å²) in [5.74, 6) is 0.790. The van der Waals surface area contributed by atoms with E-state index in [0.29, 0.717) is 35.1 Å². The van der Waals surface area contributed by atoms with Crippen LogP contribution in [0.15, 0.2) is 66.7 Å². The maximum Gasteiger partial charge on any atom is 0.252 e. The largest absolute Gasteiger partial charge is 0.493 e. The highest BCUT2D eigenvalue weighted by Gasteiger charge is 2.19. The van der Waals surface area contributed by atoms with Crippen molar-refractivity contribution in [1.29, 1.82) is 0 Å². The number of hydrogen-bond acceptors (Lipinski definition) is 6. The lowest BCUT2D eigenvalue weighted by Crippen LogP contribution is -2.26. The van der Waals surface area contributed by atoms with E-state index in [9.17, 15) is 13.2 Å². The number of sulfonamides is 1. The van der Waals surface area contributed by atoms with Crippen molar-refractivity contribution in [3.63, 3.8) is 0 Å². The van der Waals surface area contributed by atoms with E-state index in [-0.39, 0.29) is 11.9 Å². The Hall–Kier alpha value is -3.72. The molecule has 1 amide bonds. The summed E-state index contributed by atoms with van der Waals surface area (Å²) < 4.78 is 42.3. The minimum absolute atomic E-state index is 0.313. The molecule has 0 bridgehead atoms. The standard InChI is InChI=1S/C25H28N2O6S/c1-17(19-11-8-12-21(13-19)27-34(4,29)30)26-25(28)20-14-22(31-2)24(23(15-20)32-3)33-16-18-9-6-5-7-10-18/h5-15,17,27H,16H2,1-4H3,(H,26,28). The molecule has 9 heteroatoms. The molecule has 0 heterocycles. The van der Waals surface area contributed by atoms with Crippen molar-refractivity contribution >= 4 is 21.6 Å². The molecule has 3 aromatic carbocycles. The van der Waals surface area contributed by atoms with Crippen LogP contribution in [0.1, 0.15) is 34.5 Å². The molecule has 1 atom stereocenters. The predicted octanol–water partition coefficient (Wildman–Crippen LogP) is 4.15. The number of ether oxygens (including phenoxy) is 3. The zero-order chi connectivity index (χ0) is 24.7. The molecule has 0 spiro atoms. The quantitative estimate of drug-likeness (QED) is 0.448. The molecular formula is C25H28N2O6S. The van der Waals surface area contributed by atoms with Gasteiger partial charge in [-0.3, -0.25) is 9.52 Å². The molecule has 34 heavy (non-hydrogen) atoms. The molecule has 2 N–H and O–H groups in total. The number of nitrogens with one attached hydrogen (secondary N) is 2. The third-order valence-electron chi connectivity index (χ3n) is 4.99. The van der Waals surface area contributed by atoms with Crippen LogP contribution in [0.2, 0.25) is 0 Å². The molecule has 0 aliphatic carbocycles. The second-order valence-electron chi connectivity index (χ2n) is 7.68. The number of rotatable bonds is 10. The van der Waals surface area contributed by atoms with E-state index in [2.05, 4.69) is 10.0 Å². The molecule has 0 saturated heterocycles. The fraction of sp³-hybridized carbons (Fsp3) is 0.240. The van der Waals surface area contributed by atoms with E-state index < -0.39 is 10.0 Å². The summed E-state index contributed by atoms with van der Waals surface area (Å²) >= 11 is 0. The van der Waals surface area contributed by atoms with Gasteiger partial charge < -0.3 is 19.5 Å². The number of methoxy groups -OCH3 is 2. The van der Waals surface area contributed by atoms with Crippen LogP contribution in [0.25, 0.3) is 0 Å². The van der Waals surface area contributed by atoms with Crippen molar-refractivity contribution in [1.82, 2.24) is 5.32 Å². The number of hydrogen-bond donors (Lipinski definition) is 2. The highest BCUT2D eigenvalue weighted by atomic mass is 32.2. The monoisotopic (exact) mass is 484 g/mol. The molecule has 0 aliphatic rings. The average molecular weight is 485 g/mol. The van der Waals surface area contributed by atoms with E-state index in [4.69, 9.17) is 14.2 Å². The maximum absolute atomic E-state index is 13.0. The van der Waals surface area contributed by atoms with Gasteiger partial charge in [0.15, 0.2) is 11.5 Å². The Labute approximate surface area is 199 Å². The van der Waals surface area contributed by atoms with Crippen molar-refractivity contribution in [2.24, 2.45) is 0 Å². The van der Waals surface area contributed by atoms with Crippen LogP contribution in [0.4, 0.5) is 5.69 Å². The number of amides is 1. The van der Waals surface area contributed by atoms with Crippen molar-refractivity contribution in [3.05, 3.63) is 83.4 Å². The Morgan fingerprint density at radius 1 is 0.941 bits per heavy atom. The van der Waals surface area contributed by atoms with Gasteiger partial charge in [-0.05, 0) is 42.3 Å². The predicted molar refractivity (Wildman–Crippen MR) is 131 cm³/mol. The molecule has 0 aliphatic heterocycles. The van der Waals surface area contributed by atoms with E-state index in [1.807, 2.05) is 37.3 Å². The van der Waals surface area contributed by atoms with Crippen molar-refractivity contribution in [2.45, 2.75) is 19.6 Å². The van der Waals surface area contributed by atoms with Crippen LogP contribution >= 0.6 is 0 Å². The summed E-state index contributed by atoms with van der Waals surface area (Å²) in [7, 11) is -0.415. The van der Waals surface area contributed by atoms with Crippen LogP contribution in [-0.2, 0) is 16.6 Å². The Balaban J connectivity index is 1.78. The normalized spacial score (nSPS) is 11.9. The molecule has 0 fully saturated rings. The fourth-order valence-electron chi connectivity index (χ4n) is 3.33. The highest BCUT2D eigenvalue weighted by Crippen LogP contribution is 2.39. The van der Waals surface area contributed by atoms with Crippen molar-refractivity contribution in [2.75, 3.05) is 25.2 Å². The zero-order valence-corrected chi connectivity index (χ0v) is 20.3. The zero-order valence-electron chi connectivity index (χ0n) is 19.5. The number of benzene rings is 3. The molecular weight excluding hydrogens is 456 g/mol. The van der Waals surface area contributed by atoms with Crippen LogP contribution < -0.4 is 24.2 Å². The smallest absolute Gasteiger partial charge is 0.252 e. The third kappa shape index (κ3) is 6.64. The second-order valence-corrected chi connectivity index (χ2v) is 9.43. The molecule has 180 valence electrons. The highest BCUT2D eigenvalue weighted by molar-refractivity contribution is 7.92. The van der Waals surface area contributed by atoms with Gasteiger partial charge in [0.2, 0.25) is 15.8 Å². The Kier molecular flexibility index (Phi) is 8.01. The van der Waals surface area contributed by atoms with Gasteiger partial charge in [-0.25, -0.2) is 8.42 Å². The molecule has 0 radical (unpaired) electrons. The molecule has 0 aromatic heterocycles. The van der Waals surface area contributed by atoms with Crippen LogP contribution in [-0.4, -0.2) is 34.8 Å². The number of anilines is 1. The van der Waals surface area contributed by atoms with E-state index in [1.54, 1.807) is 36.4 Å². The van der Waals surface area contributed by atoms with Gasteiger partial charge in [-0.1, -0.05) is 42.5 Å². The molecule has 0 saturated carbocycles. The molecule has 1 unspecified atom stereocenters. The van der Waals surface area contributed by atoms with E-state index >= 15 is 0 Å². The lowest BCUT2D eigenvalue weighted by molar-refractivity contribution is 0.0939. The maximum atomic E-state index is 13.0. The number of carbonyl (C=O) groups is 1. The first-order valence-corrected chi connectivity index (χ1v) is 12.4. The van der Waals surface area contributed by atoms with Crippen LogP contribution in [0.3, 0.4) is 0 Å². The van der Waals surface area contributed by atoms with Gasteiger partial charge in [-0.15, -0.1) is 0 Å². The van der Waals surface area contributed by atoms with Gasteiger partial charge in [0.25, 0.3) is 5.91 Å². The van der Waals surface area contributed by atoms with Gasteiger partial charge in [0.05, 0.1) is 26.5 Å². The minimum atomic E-state index is -3.40. The second kappa shape index (κ2) is 10.9. The molecule has 8 nitrogen and oxygen atoms in total. The SMILES string of the molecule is COc1cc(C(=O)NC(C)c2cccc(NS(C)(=O)=O)c2)cc(OC)c1OCc1ccccc1. The topological polar surface area (TPSA) is 103 Å². The van der Waals surface area contributed by atoms with E-state index in [1.165, 1.54) is 14.2 Å². The third-order valence-corrected chi connectivity index (χ3v) is 5.59. The first-order valence-electron chi connectivity index (χ1n) is 10.5. The van der Waals surface area contributed by atoms with Gasteiger partial charge in [0, 0.05) is 11.3 Å². The lowest BCUT2D eigenvalue weighted by Gasteiger charge is -2.18. The summed E-state index contributed by atoms with van der Waals surface area (Å²) in [4.78, 5) is 13.0. The summed E-state index contributed by atoms with van der Waals surface area (Å²) in [6, 6.07) is 19.3. The van der Waals surface area contributed by atoms with Gasteiger partial charge in [-0.2, -0.15) is 0 Å². The summed E-state index contributed by atoms with van der Waals surface area (Å²) in [6.45, 7) is 2.12. The first-order chi connectivity index (χ1) is 16.2. The number of carbonyl (C=O) groups excluding carboxylic acids is 1. The first kappa shape index (κ1) is 24.9. The summed E-state index contributed by atoms with van der Waals surface area (Å²) in [5, 5.41) is 2.91. The lowest BCUT2D eigenvalue weighted by atomic mass is 10.1. The summed E-state index contributed by atoms with van der Waals surface area (Å²) in [6.07, 6.45) is 1.08. The van der Waals surface area contributed by atoms with Crippen LogP contribution in [0.5, 0.6) is 17.2 Å². The minimum Gasteiger partial charge on any atom is -0.493 e. The fourth-order valence-corrected chi connectivity index (χ4v) is 3.89. The summed E-state index contributed by atoms with van der Waals surface area (Å²) in [5.41, 5.74) is 2.47. The Bertz CT molecular complexity index is 1220. The van der Waals surface area contributed by atoms with Crippen molar-refractivity contribution < 1.29 is 27.4 Å². The van der Waals surface area contributed by atoms with Crippen molar-refractivity contribution in [3.8, 4) is 17.2 Å².